The zero-order valence-corrected chi connectivity index (χ0v) is 14.4. The average Bonchev–Trinajstić information content (AvgIpc) is 2.98. The molecule has 0 spiro atoms. The van der Waals surface area contributed by atoms with Crippen LogP contribution in [0.2, 0.25) is 0 Å². The van der Waals surface area contributed by atoms with E-state index in [1.807, 2.05) is 0 Å². The maximum Gasteiger partial charge on any atom is 0.433 e. The van der Waals surface area contributed by atoms with Gasteiger partial charge in [0.2, 0.25) is 0 Å². The summed E-state index contributed by atoms with van der Waals surface area (Å²) < 4.78 is 48.9. The van der Waals surface area contributed by atoms with Crippen molar-refractivity contribution in [3.63, 3.8) is 0 Å². The first kappa shape index (κ1) is 18.1. The summed E-state index contributed by atoms with van der Waals surface area (Å²) in [6.07, 6.45) is -3.71. The zero-order valence-electron chi connectivity index (χ0n) is 13.6. The summed E-state index contributed by atoms with van der Waals surface area (Å²) in [6, 6.07) is 2.62. The molecule has 2 aromatic rings. The highest BCUT2D eigenvalue weighted by Crippen LogP contribution is 2.28. The molecule has 2 aromatic heterocycles. The molecule has 3 heterocycles. The van der Waals surface area contributed by atoms with Gasteiger partial charge in [0.25, 0.3) is 0 Å². The number of hydrogen-bond acceptors (Lipinski definition) is 6. The second kappa shape index (κ2) is 7.67. The number of morpholine rings is 1. The number of aromatic nitrogens is 2. The van der Waals surface area contributed by atoms with Gasteiger partial charge in [-0.2, -0.15) is 18.2 Å². The molecule has 3 rings (SSSR count). The fourth-order valence-corrected chi connectivity index (χ4v) is 3.48. The maximum atomic E-state index is 12.7. The largest absolute Gasteiger partial charge is 0.461 e. The first-order valence-electron chi connectivity index (χ1n) is 7.82. The van der Waals surface area contributed by atoms with Crippen LogP contribution in [0.25, 0.3) is 0 Å². The molecule has 0 aliphatic carbocycles. The lowest BCUT2D eigenvalue weighted by atomic mass is 10.2. The Morgan fingerprint density at radius 3 is 2.96 bits per heavy atom. The van der Waals surface area contributed by atoms with Gasteiger partial charge in [0.1, 0.15) is 12.7 Å². The first-order chi connectivity index (χ1) is 11.9. The molecule has 5 nitrogen and oxygen atoms in total. The Labute approximate surface area is 147 Å². The minimum atomic E-state index is -4.52. The number of halogens is 3. The van der Waals surface area contributed by atoms with E-state index in [1.54, 1.807) is 11.3 Å². The van der Waals surface area contributed by atoms with E-state index in [4.69, 9.17) is 9.47 Å². The molecule has 1 aliphatic heterocycles. The summed E-state index contributed by atoms with van der Waals surface area (Å²) in [5.41, 5.74) is 0.249. The summed E-state index contributed by atoms with van der Waals surface area (Å²) in [5, 5.41) is 2.07. The first-order valence-corrected chi connectivity index (χ1v) is 8.70. The molecule has 136 valence electrons. The van der Waals surface area contributed by atoms with E-state index in [-0.39, 0.29) is 18.7 Å². The van der Waals surface area contributed by atoms with E-state index in [1.165, 1.54) is 10.4 Å². The number of aryl methyl sites for hydroxylation is 1. The summed E-state index contributed by atoms with van der Waals surface area (Å²) in [6.45, 7) is 5.05. The average molecular weight is 373 g/mol. The number of nitrogens with zero attached hydrogens (tertiary/aromatic N) is 3. The predicted molar refractivity (Wildman–Crippen MR) is 86.6 cm³/mol. The summed E-state index contributed by atoms with van der Waals surface area (Å²) in [5.74, 6) is 0. The van der Waals surface area contributed by atoms with Crippen LogP contribution in [0, 0.1) is 6.92 Å². The Morgan fingerprint density at radius 2 is 2.24 bits per heavy atom. The van der Waals surface area contributed by atoms with Crippen molar-refractivity contribution in [3.8, 4) is 6.01 Å². The van der Waals surface area contributed by atoms with Gasteiger partial charge >= 0.3 is 12.2 Å². The van der Waals surface area contributed by atoms with Gasteiger partial charge in [-0.25, -0.2) is 4.98 Å². The predicted octanol–water partition coefficient (Wildman–Crippen LogP) is 3.15. The molecule has 0 radical (unpaired) electrons. The molecule has 1 saturated heterocycles. The van der Waals surface area contributed by atoms with Gasteiger partial charge in [-0.05, 0) is 30.0 Å². The summed E-state index contributed by atoms with van der Waals surface area (Å²) in [7, 11) is 0. The molecule has 0 saturated carbocycles. The quantitative estimate of drug-likeness (QED) is 0.806. The third-order valence-corrected chi connectivity index (χ3v) is 4.89. The molecule has 0 amide bonds. The number of thiophene rings is 1. The molecule has 0 N–H and O–H groups in total. The van der Waals surface area contributed by atoms with Crippen LogP contribution >= 0.6 is 11.3 Å². The Morgan fingerprint density at radius 1 is 1.40 bits per heavy atom. The van der Waals surface area contributed by atoms with E-state index in [0.717, 1.165) is 25.4 Å². The third kappa shape index (κ3) is 4.90. The molecular weight excluding hydrogens is 355 g/mol. The highest BCUT2D eigenvalue weighted by molar-refractivity contribution is 7.10. The molecule has 1 fully saturated rings. The Bertz CT molecular complexity index is 708. The number of alkyl halides is 3. The topological polar surface area (TPSA) is 47.5 Å². The number of ether oxygens (including phenoxy) is 2. The van der Waals surface area contributed by atoms with E-state index in [0.29, 0.717) is 13.2 Å². The SMILES string of the molecule is Cc1ccsc1CN1CCOC(COc2nccc(C(F)(F)F)n2)C1. The van der Waals surface area contributed by atoms with Crippen molar-refractivity contribution in [2.24, 2.45) is 0 Å². The Balaban J connectivity index is 1.54. The monoisotopic (exact) mass is 373 g/mol. The molecule has 0 bridgehead atoms. The lowest BCUT2D eigenvalue weighted by Crippen LogP contribution is -2.44. The summed E-state index contributed by atoms with van der Waals surface area (Å²) in [4.78, 5) is 10.7. The van der Waals surface area contributed by atoms with Crippen molar-refractivity contribution in [1.82, 2.24) is 14.9 Å². The highest BCUT2D eigenvalue weighted by atomic mass is 32.1. The number of rotatable bonds is 5. The Hall–Kier alpha value is -1.71. The smallest absolute Gasteiger partial charge is 0.433 e. The van der Waals surface area contributed by atoms with Crippen molar-refractivity contribution in [2.45, 2.75) is 25.7 Å². The summed E-state index contributed by atoms with van der Waals surface area (Å²) >= 11 is 1.72. The van der Waals surface area contributed by atoms with E-state index in [2.05, 4.69) is 33.2 Å². The van der Waals surface area contributed by atoms with Crippen LogP contribution in [0.4, 0.5) is 13.2 Å². The van der Waals surface area contributed by atoms with Crippen molar-refractivity contribution in [2.75, 3.05) is 26.3 Å². The van der Waals surface area contributed by atoms with Crippen LogP contribution in [0.3, 0.4) is 0 Å². The van der Waals surface area contributed by atoms with Crippen LogP contribution in [0.5, 0.6) is 6.01 Å². The minimum Gasteiger partial charge on any atom is -0.461 e. The zero-order chi connectivity index (χ0) is 17.9. The molecule has 1 unspecified atom stereocenters. The lowest BCUT2D eigenvalue weighted by molar-refractivity contribution is -0.141. The van der Waals surface area contributed by atoms with Crippen LogP contribution < -0.4 is 4.74 Å². The molecule has 1 aliphatic rings. The van der Waals surface area contributed by atoms with Gasteiger partial charge in [0.15, 0.2) is 5.69 Å². The second-order valence-electron chi connectivity index (χ2n) is 5.79. The lowest BCUT2D eigenvalue weighted by Gasteiger charge is -2.32. The molecule has 0 aromatic carbocycles. The van der Waals surface area contributed by atoms with Crippen molar-refractivity contribution >= 4 is 11.3 Å². The minimum absolute atomic E-state index is 0.112. The highest BCUT2D eigenvalue weighted by Gasteiger charge is 2.33. The van der Waals surface area contributed by atoms with E-state index < -0.39 is 11.9 Å². The van der Waals surface area contributed by atoms with Gasteiger partial charge in [0, 0.05) is 30.7 Å². The fourth-order valence-electron chi connectivity index (χ4n) is 2.53. The van der Waals surface area contributed by atoms with Crippen molar-refractivity contribution in [1.29, 1.82) is 0 Å². The van der Waals surface area contributed by atoms with E-state index >= 15 is 0 Å². The molecule has 25 heavy (non-hydrogen) atoms. The third-order valence-electron chi connectivity index (χ3n) is 3.88. The van der Waals surface area contributed by atoms with Gasteiger partial charge in [-0.1, -0.05) is 0 Å². The standard InChI is InChI=1S/C16H18F3N3O2S/c1-11-3-7-25-13(11)9-22-5-6-23-12(8-22)10-24-15-20-4-2-14(21-15)16(17,18)19/h2-4,7,12H,5-6,8-10H2,1H3. The van der Waals surface area contributed by atoms with Crippen molar-refractivity contribution < 1.29 is 22.6 Å². The Kier molecular flexibility index (Phi) is 5.55. The van der Waals surface area contributed by atoms with Gasteiger partial charge in [-0.3, -0.25) is 4.90 Å². The van der Waals surface area contributed by atoms with Crippen LogP contribution in [0.15, 0.2) is 23.7 Å². The van der Waals surface area contributed by atoms with Crippen LogP contribution in [-0.2, 0) is 17.5 Å². The van der Waals surface area contributed by atoms with Gasteiger partial charge in [-0.15, -0.1) is 11.3 Å². The maximum absolute atomic E-state index is 12.7. The van der Waals surface area contributed by atoms with Crippen LogP contribution in [-0.4, -0.2) is 47.3 Å². The van der Waals surface area contributed by atoms with Gasteiger partial charge in [0.05, 0.1) is 6.61 Å². The van der Waals surface area contributed by atoms with E-state index in [9.17, 15) is 13.2 Å². The second-order valence-corrected chi connectivity index (χ2v) is 6.79. The molecule has 9 heteroatoms. The normalized spacial score (nSPS) is 19.1. The van der Waals surface area contributed by atoms with Crippen molar-refractivity contribution in [3.05, 3.63) is 39.8 Å². The van der Waals surface area contributed by atoms with Crippen LogP contribution in [0.1, 0.15) is 16.1 Å². The number of hydrogen-bond donors (Lipinski definition) is 0. The molecule has 1 atom stereocenters. The van der Waals surface area contributed by atoms with Gasteiger partial charge < -0.3 is 9.47 Å². The fraction of sp³-hybridized carbons (Fsp3) is 0.500. The molecular formula is C16H18F3N3O2S.